The number of hydrogen-bond donors (Lipinski definition) is 2. The standard InChI is InChI=1S/C19H28N4O3/c1-11(2)26-19(25)16-14(5)17(21-15(16)6)18(24)20-8-7-9-23-13(4)10-12(3)22-23/h10-11,21H,7-9H2,1-6H3,(H,20,24). The van der Waals surface area contributed by atoms with Crippen molar-refractivity contribution < 1.29 is 14.3 Å². The molecule has 0 aliphatic heterocycles. The minimum Gasteiger partial charge on any atom is -0.459 e. The monoisotopic (exact) mass is 360 g/mol. The number of aromatic nitrogens is 3. The highest BCUT2D eigenvalue weighted by Crippen LogP contribution is 2.19. The summed E-state index contributed by atoms with van der Waals surface area (Å²) in [5.41, 5.74) is 4.20. The van der Waals surface area contributed by atoms with Gasteiger partial charge in [0, 0.05) is 24.5 Å². The van der Waals surface area contributed by atoms with E-state index in [0.717, 1.165) is 24.4 Å². The number of nitrogens with zero attached hydrogens (tertiary/aromatic N) is 2. The van der Waals surface area contributed by atoms with Gasteiger partial charge in [-0.15, -0.1) is 0 Å². The fraction of sp³-hybridized carbons (Fsp3) is 0.526. The van der Waals surface area contributed by atoms with Gasteiger partial charge < -0.3 is 15.0 Å². The highest BCUT2D eigenvalue weighted by Gasteiger charge is 2.23. The van der Waals surface area contributed by atoms with Gasteiger partial charge in [-0.1, -0.05) is 0 Å². The molecule has 1 amide bonds. The lowest BCUT2D eigenvalue weighted by atomic mass is 10.1. The summed E-state index contributed by atoms with van der Waals surface area (Å²) in [6.45, 7) is 12.4. The van der Waals surface area contributed by atoms with Crippen LogP contribution in [-0.2, 0) is 11.3 Å². The molecule has 0 atom stereocenters. The summed E-state index contributed by atoms with van der Waals surface area (Å²) in [4.78, 5) is 27.6. The van der Waals surface area contributed by atoms with Crippen molar-refractivity contribution in [2.75, 3.05) is 6.54 Å². The minimum absolute atomic E-state index is 0.206. The predicted molar refractivity (Wildman–Crippen MR) is 99.5 cm³/mol. The van der Waals surface area contributed by atoms with Crippen LogP contribution in [-0.4, -0.2) is 39.3 Å². The Bertz CT molecular complexity index is 802. The van der Waals surface area contributed by atoms with E-state index in [9.17, 15) is 9.59 Å². The third-order valence-corrected chi connectivity index (χ3v) is 4.15. The van der Waals surface area contributed by atoms with Crippen LogP contribution in [0.1, 0.15) is 63.8 Å². The molecule has 0 bridgehead atoms. The van der Waals surface area contributed by atoms with E-state index in [1.807, 2.05) is 24.6 Å². The molecular formula is C19H28N4O3. The average Bonchev–Trinajstić information content (AvgIpc) is 3.01. The normalized spacial score (nSPS) is 11.0. The Morgan fingerprint density at radius 1 is 1.27 bits per heavy atom. The van der Waals surface area contributed by atoms with Crippen LogP contribution in [0.5, 0.6) is 0 Å². The number of aromatic amines is 1. The molecule has 0 unspecified atom stereocenters. The van der Waals surface area contributed by atoms with Crippen LogP contribution in [0, 0.1) is 27.7 Å². The molecule has 0 fully saturated rings. The van der Waals surface area contributed by atoms with Gasteiger partial charge in [0.2, 0.25) is 0 Å². The largest absolute Gasteiger partial charge is 0.459 e. The smallest absolute Gasteiger partial charge is 0.340 e. The number of rotatable bonds is 7. The van der Waals surface area contributed by atoms with Crippen LogP contribution in [0.2, 0.25) is 0 Å². The van der Waals surface area contributed by atoms with E-state index >= 15 is 0 Å². The van der Waals surface area contributed by atoms with Gasteiger partial charge in [-0.3, -0.25) is 9.48 Å². The maximum atomic E-state index is 12.4. The molecular weight excluding hydrogens is 332 g/mol. The number of aryl methyl sites for hydroxylation is 4. The average molecular weight is 360 g/mol. The lowest BCUT2D eigenvalue weighted by Gasteiger charge is -2.08. The number of amides is 1. The van der Waals surface area contributed by atoms with E-state index in [0.29, 0.717) is 29.1 Å². The Morgan fingerprint density at radius 2 is 1.96 bits per heavy atom. The Kier molecular flexibility index (Phi) is 6.23. The molecule has 0 aromatic carbocycles. The quantitative estimate of drug-likeness (QED) is 0.587. The van der Waals surface area contributed by atoms with Crippen LogP contribution < -0.4 is 5.32 Å². The van der Waals surface area contributed by atoms with E-state index in [4.69, 9.17) is 4.74 Å². The zero-order valence-electron chi connectivity index (χ0n) is 16.4. The maximum Gasteiger partial charge on any atom is 0.340 e. The molecule has 0 saturated carbocycles. The third-order valence-electron chi connectivity index (χ3n) is 4.15. The second-order valence-corrected chi connectivity index (χ2v) is 6.84. The number of nitrogens with one attached hydrogen (secondary N) is 2. The molecule has 2 N–H and O–H groups in total. The van der Waals surface area contributed by atoms with E-state index < -0.39 is 5.97 Å². The second-order valence-electron chi connectivity index (χ2n) is 6.84. The van der Waals surface area contributed by atoms with E-state index in [1.54, 1.807) is 27.7 Å². The summed E-state index contributed by atoms with van der Waals surface area (Å²) in [5, 5.41) is 7.30. The first kappa shape index (κ1) is 19.8. The molecule has 7 heteroatoms. The molecule has 0 aliphatic carbocycles. The Hall–Kier alpha value is -2.57. The molecule has 2 rings (SSSR count). The summed E-state index contributed by atoms with van der Waals surface area (Å²) in [7, 11) is 0. The molecule has 2 aromatic rings. The van der Waals surface area contributed by atoms with Crippen LogP contribution in [0.15, 0.2) is 6.07 Å². The fourth-order valence-corrected chi connectivity index (χ4v) is 2.98. The van der Waals surface area contributed by atoms with Crippen molar-refractivity contribution in [2.45, 2.75) is 60.6 Å². The third kappa shape index (κ3) is 4.53. The van der Waals surface area contributed by atoms with Crippen LogP contribution in [0.25, 0.3) is 0 Å². The first-order chi connectivity index (χ1) is 12.2. The van der Waals surface area contributed by atoms with E-state index in [-0.39, 0.29) is 12.0 Å². The predicted octanol–water partition coefficient (Wildman–Crippen LogP) is 2.83. The zero-order chi connectivity index (χ0) is 19.4. The van der Waals surface area contributed by atoms with Crippen molar-refractivity contribution >= 4 is 11.9 Å². The lowest BCUT2D eigenvalue weighted by molar-refractivity contribution is 0.0376. The lowest BCUT2D eigenvalue weighted by Crippen LogP contribution is -2.26. The second kappa shape index (κ2) is 8.21. The highest BCUT2D eigenvalue weighted by atomic mass is 16.5. The number of carbonyl (C=O) groups excluding carboxylic acids is 2. The Morgan fingerprint density at radius 3 is 2.54 bits per heavy atom. The summed E-state index contributed by atoms with van der Waals surface area (Å²) in [6.07, 6.45) is 0.567. The van der Waals surface area contributed by atoms with Gasteiger partial charge in [-0.05, 0) is 59.6 Å². The van der Waals surface area contributed by atoms with Gasteiger partial charge in [0.05, 0.1) is 17.4 Å². The van der Waals surface area contributed by atoms with Crippen molar-refractivity contribution in [1.82, 2.24) is 20.1 Å². The van der Waals surface area contributed by atoms with Crippen molar-refractivity contribution in [3.05, 3.63) is 40.0 Å². The van der Waals surface area contributed by atoms with Gasteiger partial charge >= 0.3 is 5.97 Å². The van der Waals surface area contributed by atoms with Gasteiger partial charge in [-0.2, -0.15) is 5.10 Å². The maximum absolute atomic E-state index is 12.4. The highest BCUT2D eigenvalue weighted by molar-refractivity contribution is 6.00. The van der Waals surface area contributed by atoms with Gasteiger partial charge in [-0.25, -0.2) is 4.79 Å². The summed E-state index contributed by atoms with van der Waals surface area (Å²) in [6, 6.07) is 2.03. The molecule has 7 nitrogen and oxygen atoms in total. The van der Waals surface area contributed by atoms with Crippen molar-refractivity contribution in [3.63, 3.8) is 0 Å². The molecule has 2 aromatic heterocycles. The zero-order valence-corrected chi connectivity index (χ0v) is 16.4. The van der Waals surface area contributed by atoms with Gasteiger partial charge in [0.15, 0.2) is 0 Å². The number of esters is 1. The van der Waals surface area contributed by atoms with Crippen LogP contribution in [0.4, 0.5) is 0 Å². The van der Waals surface area contributed by atoms with Crippen LogP contribution in [0.3, 0.4) is 0 Å². The minimum atomic E-state index is -0.408. The van der Waals surface area contributed by atoms with Crippen molar-refractivity contribution in [1.29, 1.82) is 0 Å². The summed E-state index contributed by atoms with van der Waals surface area (Å²) >= 11 is 0. The molecule has 26 heavy (non-hydrogen) atoms. The number of hydrogen-bond acceptors (Lipinski definition) is 4. The SMILES string of the molecule is Cc1cc(C)n(CCCNC(=O)c2[nH]c(C)c(C(=O)OC(C)C)c2C)n1. The molecule has 0 saturated heterocycles. The molecule has 2 heterocycles. The molecule has 0 radical (unpaired) electrons. The van der Waals surface area contributed by atoms with E-state index in [2.05, 4.69) is 15.4 Å². The number of H-pyrrole nitrogens is 1. The number of ether oxygens (including phenoxy) is 1. The Balaban J connectivity index is 1.95. The van der Waals surface area contributed by atoms with Crippen LogP contribution >= 0.6 is 0 Å². The van der Waals surface area contributed by atoms with Gasteiger partial charge in [0.25, 0.3) is 5.91 Å². The Labute approximate surface area is 154 Å². The molecule has 0 aliphatic rings. The first-order valence-electron chi connectivity index (χ1n) is 8.90. The summed E-state index contributed by atoms with van der Waals surface area (Å²) < 4.78 is 7.19. The van der Waals surface area contributed by atoms with Gasteiger partial charge in [0.1, 0.15) is 5.69 Å². The van der Waals surface area contributed by atoms with E-state index in [1.165, 1.54) is 0 Å². The van der Waals surface area contributed by atoms with Crippen molar-refractivity contribution in [3.8, 4) is 0 Å². The fourth-order valence-electron chi connectivity index (χ4n) is 2.98. The topological polar surface area (TPSA) is 89.0 Å². The first-order valence-corrected chi connectivity index (χ1v) is 8.90. The molecule has 142 valence electrons. The summed E-state index contributed by atoms with van der Waals surface area (Å²) in [5.74, 6) is -0.627. The van der Waals surface area contributed by atoms with Crippen molar-refractivity contribution in [2.24, 2.45) is 0 Å². The molecule has 0 spiro atoms. The number of carbonyl (C=O) groups is 2.